The summed E-state index contributed by atoms with van der Waals surface area (Å²) in [6.45, 7) is -0.630. The van der Waals surface area contributed by atoms with Crippen LogP contribution in [0.2, 0.25) is 0 Å². The van der Waals surface area contributed by atoms with Crippen molar-refractivity contribution in [3.8, 4) is 5.75 Å². The molecule has 11 heteroatoms. The van der Waals surface area contributed by atoms with E-state index in [1.807, 2.05) is 0 Å². The molecule has 4 amide bonds. The molecule has 1 heterocycles. The van der Waals surface area contributed by atoms with Gasteiger partial charge in [0.1, 0.15) is 11.3 Å². The van der Waals surface area contributed by atoms with Crippen molar-refractivity contribution in [2.24, 2.45) is 0 Å². The van der Waals surface area contributed by atoms with Crippen molar-refractivity contribution in [1.29, 1.82) is 0 Å². The number of hydrogen-bond donors (Lipinski definition) is 2. The highest BCUT2D eigenvalue weighted by atomic mass is 79.9. The van der Waals surface area contributed by atoms with Gasteiger partial charge >= 0.3 is 18.0 Å². The molecule has 0 aliphatic carbocycles. The van der Waals surface area contributed by atoms with E-state index in [4.69, 9.17) is 9.84 Å². The van der Waals surface area contributed by atoms with Crippen LogP contribution in [0.25, 0.3) is 6.08 Å². The monoisotopic (exact) mass is 502 g/mol. The lowest BCUT2D eigenvalue weighted by atomic mass is 10.1. The first-order chi connectivity index (χ1) is 15.2. The molecule has 2 aromatic rings. The van der Waals surface area contributed by atoms with Crippen LogP contribution >= 0.6 is 15.9 Å². The summed E-state index contributed by atoms with van der Waals surface area (Å²) in [6, 6.07) is 9.09. The van der Waals surface area contributed by atoms with Crippen LogP contribution in [0.4, 0.5) is 10.5 Å². The highest BCUT2D eigenvalue weighted by Gasteiger charge is 2.37. The Bertz CT molecular complexity index is 1160. The summed E-state index contributed by atoms with van der Waals surface area (Å²) < 4.78 is 10.4. The molecule has 0 unspecified atom stereocenters. The topological polar surface area (TPSA) is 139 Å². The second-order valence-electron chi connectivity index (χ2n) is 6.36. The Kier molecular flexibility index (Phi) is 6.69. The Morgan fingerprint density at radius 2 is 1.81 bits per heavy atom. The predicted octanol–water partition coefficient (Wildman–Crippen LogP) is 2.37. The largest absolute Gasteiger partial charge is 0.481 e. The molecule has 1 aliphatic heterocycles. The van der Waals surface area contributed by atoms with Gasteiger partial charge in [-0.25, -0.2) is 19.3 Å². The summed E-state index contributed by atoms with van der Waals surface area (Å²) in [4.78, 5) is 60.9. The summed E-state index contributed by atoms with van der Waals surface area (Å²) in [5, 5.41) is 10.9. The number of carbonyl (C=O) groups excluding carboxylic acids is 4. The number of halogens is 1. The maximum atomic E-state index is 13.0. The minimum atomic E-state index is -1.20. The van der Waals surface area contributed by atoms with E-state index in [0.717, 1.165) is 4.90 Å². The van der Waals surface area contributed by atoms with Gasteiger partial charge in [-0.3, -0.25) is 14.9 Å². The Morgan fingerprint density at radius 1 is 1.12 bits per heavy atom. The predicted molar refractivity (Wildman–Crippen MR) is 114 cm³/mol. The van der Waals surface area contributed by atoms with Gasteiger partial charge in [-0.05, 0) is 48.5 Å². The fourth-order valence-corrected chi connectivity index (χ4v) is 3.19. The van der Waals surface area contributed by atoms with E-state index in [-0.39, 0.29) is 28.1 Å². The molecule has 1 saturated heterocycles. The zero-order chi connectivity index (χ0) is 23.4. The molecule has 0 atom stereocenters. The van der Waals surface area contributed by atoms with Crippen molar-refractivity contribution in [3.63, 3.8) is 0 Å². The second-order valence-corrected chi connectivity index (χ2v) is 7.28. The fraction of sp³-hybridized carbons (Fsp3) is 0.0952. The quantitative estimate of drug-likeness (QED) is 0.348. The summed E-state index contributed by atoms with van der Waals surface area (Å²) in [5.41, 5.74) is 0.201. The number of esters is 1. The maximum Gasteiger partial charge on any atom is 0.341 e. The van der Waals surface area contributed by atoms with E-state index < -0.39 is 36.4 Å². The van der Waals surface area contributed by atoms with Crippen LogP contribution in [0.15, 0.2) is 52.5 Å². The molecule has 3 rings (SSSR count). The second kappa shape index (κ2) is 9.43. The highest BCUT2D eigenvalue weighted by Crippen LogP contribution is 2.28. The molecule has 0 aromatic heterocycles. The van der Waals surface area contributed by atoms with Gasteiger partial charge in [-0.2, -0.15) is 0 Å². The van der Waals surface area contributed by atoms with Gasteiger partial charge in [0.15, 0.2) is 6.61 Å². The number of amides is 4. The Morgan fingerprint density at radius 3 is 2.44 bits per heavy atom. The number of methoxy groups -OCH3 is 1. The van der Waals surface area contributed by atoms with E-state index in [0.29, 0.717) is 4.47 Å². The number of barbiturate groups is 1. The standard InChI is InChI=1S/C21H15BrN2O8/c1-31-20(29)11-2-5-14(6-3-11)24-19(28)15(18(27)23-21(24)30)9-12-8-13(22)4-7-16(12)32-10-17(25)26/h2-9H,10H2,1H3,(H,25,26)(H,23,27,30)/b15-9+. The van der Waals surface area contributed by atoms with E-state index in [9.17, 15) is 24.0 Å². The van der Waals surface area contributed by atoms with Crippen LogP contribution in [-0.4, -0.2) is 48.6 Å². The smallest absolute Gasteiger partial charge is 0.341 e. The Labute approximate surface area is 189 Å². The van der Waals surface area contributed by atoms with Crippen LogP contribution in [0, 0.1) is 0 Å². The number of nitrogens with zero attached hydrogens (tertiary/aromatic N) is 1. The van der Waals surface area contributed by atoms with Crippen LogP contribution < -0.4 is 15.0 Å². The molecule has 1 fully saturated rings. The lowest BCUT2D eigenvalue weighted by Crippen LogP contribution is -2.54. The third-order valence-electron chi connectivity index (χ3n) is 4.27. The molecule has 1 aliphatic rings. The van der Waals surface area contributed by atoms with E-state index in [2.05, 4.69) is 26.0 Å². The van der Waals surface area contributed by atoms with Gasteiger partial charge < -0.3 is 14.6 Å². The van der Waals surface area contributed by atoms with E-state index >= 15 is 0 Å². The minimum absolute atomic E-state index is 0.120. The number of nitrogens with one attached hydrogen (secondary N) is 1. The van der Waals surface area contributed by atoms with Gasteiger partial charge in [0.2, 0.25) is 0 Å². The number of imide groups is 2. The lowest BCUT2D eigenvalue weighted by molar-refractivity contribution is -0.139. The fourth-order valence-electron chi connectivity index (χ4n) is 2.81. The maximum absolute atomic E-state index is 13.0. The molecule has 0 bridgehead atoms. The number of hydrogen-bond acceptors (Lipinski definition) is 7. The average molecular weight is 503 g/mol. The number of rotatable bonds is 6. The summed E-state index contributed by atoms with van der Waals surface area (Å²) >= 11 is 3.26. The van der Waals surface area contributed by atoms with Gasteiger partial charge in [-0.1, -0.05) is 15.9 Å². The van der Waals surface area contributed by atoms with Gasteiger partial charge in [0.05, 0.1) is 18.4 Å². The first kappa shape index (κ1) is 22.7. The minimum Gasteiger partial charge on any atom is -0.481 e. The SMILES string of the molecule is COC(=O)c1ccc(N2C(=O)NC(=O)/C(=C\c3cc(Br)ccc3OCC(=O)O)C2=O)cc1. The van der Waals surface area contributed by atoms with Crippen LogP contribution in [0.5, 0.6) is 5.75 Å². The third kappa shape index (κ3) is 4.83. The molecule has 10 nitrogen and oxygen atoms in total. The van der Waals surface area contributed by atoms with Crippen LogP contribution in [-0.2, 0) is 19.1 Å². The van der Waals surface area contributed by atoms with Crippen molar-refractivity contribution in [1.82, 2.24) is 5.32 Å². The number of aliphatic carboxylic acids is 1. The molecule has 2 N–H and O–H groups in total. The number of urea groups is 1. The zero-order valence-corrected chi connectivity index (χ0v) is 18.0. The molecular formula is C21H15BrN2O8. The first-order valence-corrected chi connectivity index (χ1v) is 9.74. The third-order valence-corrected chi connectivity index (χ3v) is 4.76. The van der Waals surface area contributed by atoms with Crippen molar-refractivity contribution < 1.29 is 38.6 Å². The van der Waals surface area contributed by atoms with Gasteiger partial charge in [0, 0.05) is 10.0 Å². The molecule has 0 radical (unpaired) electrons. The summed E-state index contributed by atoms with van der Waals surface area (Å²) in [7, 11) is 1.22. The first-order valence-electron chi connectivity index (χ1n) is 8.95. The van der Waals surface area contributed by atoms with Crippen LogP contribution in [0.3, 0.4) is 0 Å². The molecule has 0 saturated carbocycles. The summed E-state index contributed by atoms with van der Waals surface area (Å²) in [6.07, 6.45) is 1.20. The molecule has 0 spiro atoms. The average Bonchev–Trinajstić information content (AvgIpc) is 2.75. The van der Waals surface area contributed by atoms with Crippen molar-refractivity contribution in [3.05, 3.63) is 63.6 Å². The van der Waals surface area contributed by atoms with Crippen molar-refractivity contribution in [2.75, 3.05) is 18.6 Å². The number of carbonyl (C=O) groups is 5. The normalized spacial score (nSPS) is 14.9. The number of anilines is 1. The lowest BCUT2D eigenvalue weighted by Gasteiger charge is -2.26. The Hall–Kier alpha value is -3.99. The number of carboxylic acids is 1. The summed E-state index contributed by atoms with van der Waals surface area (Å²) in [5.74, 6) is -3.51. The molecular weight excluding hydrogens is 488 g/mol. The van der Waals surface area contributed by atoms with Crippen LogP contribution in [0.1, 0.15) is 15.9 Å². The molecule has 2 aromatic carbocycles. The zero-order valence-electron chi connectivity index (χ0n) is 16.5. The highest BCUT2D eigenvalue weighted by molar-refractivity contribution is 9.10. The van der Waals surface area contributed by atoms with E-state index in [1.54, 1.807) is 6.07 Å². The van der Waals surface area contributed by atoms with E-state index in [1.165, 1.54) is 49.6 Å². The number of ether oxygens (including phenoxy) is 2. The Balaban J connectivity index is 1.98. The van der Waals surface area contributed by atoms with Crippen molar-refractivity contribution >= 4 is 57.5 Å². The number of benzene rings is 2. The number of carboxylic acid groups (broad SMARTS) is 1. The van der Waals surface area contributed by atoms with Gasteiger partial charge in [0.25, 0.3) is 11.8 Å². The molecule has 32 heavy (non-hydrogen) atoms. The molecule has 164 valence electrons. The van der Waals surface area contributed by atoms with Crippen molar-refractivity contribution in [2.45, 2.75) is 0 Å². The van der Waals surface area contributed by atoms with Gasteiger partial charge in [-0.15, -0.1) is 0 Å².